The van der Waals surface area contributed by atoms with Gasteiger partial charge in [0, 0.05) is 12.8 Å². The van der Waals surface area contributed by atoms with Crippen molar-refractivity contribution >= 4 is 39.1 Å². The summed E-state index contributed by atoms with van der Waals surface area (Å²) in [5.41, 5.74) is 0. The highest BCUT2D eigenvalue weighted by atomic mass is 31.2. The lowest BCUT2D eigenvalue weighted by Gasteiger charge is -2.15. The monoisotopic (exact) mass is 578 g/mol. The zero-order valence-corrected chi connectivity index (χ0v) is 23.5. The third-order valence-corrected chi connectivity index (χ3v) is 6.16. The topological polar surface area (TPSA) is 220 Å². The van der Waals surface area contributed by atoms with Gasteiger partial charge in [-0.3, -0.25) is 28.3 Å². The van der Waals surface area contributed by atoms with Crippen LogP contribution < -0.4 is 0 Å². The molecule has 0 rings (SSSR count). The Hall–Kier alpha value is -1.82. The van der Waals surface area contributed by atoms with Crippen molar-refractivity contribution in [1.29, 1.82) is 0 Å². The molecule has 0 aliphatic carbocycles. The highest BCUT2D eigenvalue weighted by molar-refractivity contribution is 7.52. The summed E-state index contributed by atoms with van der Waals surface area (Å²) >= 11 is 0. The van der Waals surface area contributed by atoms with E-state index in [2.05, 4.69) is 4.74 Å². The molecule has 0 saturated carbocycles. The summed E-state index contributed by atoms with van der Waals surface area (Å²) in [4.78, 5) is 80.9. The van der Waals surface area contributed by atoms with Gasteiger partial charge >= 0.3 is 39.1 Å². The van der Waals surface area contributed by atoms with Crippen LogP contribution in [0.25, 0.3) is 0 Å². The predicted octanol–water partition coefficient (Wildman–Crippen LogP) is 1.76. The molecule has 2 atom stereocenters. The highest BCUT2D eigenvalue weighted by Gasteiger charge is 2.30. The standard InChI is InChI=1S/C11H21O7P.C10H19O7P/c1-3-7-18-10(12)6-5-9(8-19(14,15)16)11(13)17-4-2;1-3-16-9(11)6-5-8(7-18(13,14)15)10(12)17-4-2/h9H,3-8H2,1-2H3,(H2,14,15,16);8H,3-7H2,1-2H3,(H2,13,14,15). The minimum Gasteiger partial charge on any atom is -0.466 e. The van der Waals surface area contributed by atoms with Crippen molar-refractivity contribution in [2.24, 2.45) is 11.8 Å². The highest BCUT2D eigenvalue weighted by Crippen LogP contribution is 2.39. The van der Waals surface area contributed by atoms with Crippen LogP contribution in [0.2, 0.25) is 0 Å². The van der Waals surface area contributed by atoms with E-state index in [4.69, 9.17) is 33.8 Å². The van der Waals surface area contributed by atoms with Gasteiger partial charge in [0.2, 0.25) is 0 Å². The number of hydrogen-bond acceptors (Lipinski definition) is 10. The molecule has 0 bridgehead atoms. The predicted molar refractivity (Wildman–Crippen MR) is 130 cm³/mol. The fourth-order valence-electron chi connectivity index (χ4n) is 2.77. The Bertz CT molecular complexity index is 788. The first kappa shape index (κ1) is 37.3. The van der Waals surface area contributed by atoms with Gasteiger partial charge in [0.15, 0.2) is 0 Å². The molecule has 0 fully saturated rings. The Balaban J connectivity index is 0. The van der Waals surface area contributed by atoms with Crippen LogP contribution in [0, 0.1) is 11.8 Å². The first-order valence-corrected chi connectivity index (χ1v) is 15.4. The van der Waals surface area contributed by atoms with Gasteiger partial charge in [-0.15, -0.1) is 0 Å². The second kappa shape index (κ2) is 20.2. The Labute approximate surface area is 216 Å². The van der Waals surface area contributed by atoms with E-state index in [-0.39, 0.29) is 45.5 Å². The zero-order valence-electron chi connectivity index (χ0n) is 21.7. The molecule has 0 amide bonds. The molecule has 0 saturated heterocycles. The molecule has 218 valence electrons. The Morgan fingerprint density at radius 2 is 0.973 bits per heavy atom. The quantitative estimate of drug-likeness (QED) is 0.110. The third-order valence-electron chi connectivity index (χ3n) is 4.32. The molecule has 4 N–H and O–H groups in total. The smallest absolute Gasteiger partial charge is 0.326 e. The molecule has 0 aromatic rings. The minimum absolute atomic E-state index is 0.00275. The summed E-state index contributed by atoms with van der Waals surface area (Å²) in [7, 11) is -8.66. The van der Waals surface area contributed by atoms with Crippen molar-refractivity contribution in [3.05, 3.63) is 0 Å². The molecule has 0 spiro atoms. The van der Waals surface area contributed by atoms with Crippen molar-refractivity contribution in [3.63, 3.8) is 0 Å². The third kappa shape index (κ3) is 23.1. The fourth-order valence-corrected chi connectivity index (χ4v) is 4.58. The largest absolute Gasteiger partial charge is 0.466 e. The number of carbonyl (C=O) groups excluding carboxylic acids is 4. The fraction of sp³-hybridized carbons (Fsp3) is 0.810. The van der Waals surface area contributed by atoms with Crippen LogP contribution in [0.5, 0.6) is 0 Å². The van der Waals surface area contributed by atoms with E-state index in [0.717, 1.165) is 0 Å². The van der Waals surface area contributed by atoms with E-state index in [1.54, 1.807) is 20.8 Å². The lowest BCUT2D eigenvalue weighted by Crippen LogP contribution is -2.23. The van der Waals surface area contributed by atoms with Crippen LogP contribution in [0.3, 0.4) is 0 Å². The van der Waals surface area contributed by atoms with Gasteiger partial charge in [-0.05, 0) is 40.0 Å². The summed E-state index contributed by atoms with van der Waals surface area (Å²) in [6.45, 7) is 7.45. The number of carbonyl (C=O) groups is 4. The lowest BCUT2D eigenvalue weighted by atomic mass is 10.1. The summed E-state index contributed by atoms with van der Waals surface area (Å²) in [5.74, 6) is -4.37. The van der Waals surface area contributed by atoms with Crippen LogP contribution in [0.1, 0.15) is 59.8 Å². The van der Waals surface area contributed by atoms with Gasteiger partial charge in [-0.2, -0.15) is 0 Å². The molecule has 0 heterocycles. The van der Waals surface area contributed by atoms with Crippen LogP contribution in [0.4, 0.5) is 0 Å². The maximum absolute atomic E-state index is 11.5. The first-order valence-electron chi connectivity index (χ1n) is 11.8. The Morgan fingerprint density at radius 3 is 1.27 bits per heavy atom. The van der Waals surface area contributed by atoms with Crippen molar-refractivity contribution in [1.82, 2.24) is 0 Å². The van der Waals surface area contributed by atoms with Gasteiger partial charge in [0.05, 0.1) is 50.6 Å². The normalized spacial score (nSPS) is 12.9. The first-order chi connectivity index (χ1) is 17.1. The summed E-state index contributed by atoms with van der Waals surface area (Å²) in [5, 5.41) is 0. The Kier molecular flexibility index (Phi) is 20.4. The number of esters is 4. The molecule has 0 aliphatic rings. The molecule has 14 nitrogen and oxygen atoms in total. The van der Waals surface area contributed by atoms with Gasteiger partial charge in [0.25, 0.3) is 0 Å². The second-order valence-corrected chi connectivity index (χ2v) is 11.1. The maximum Gasteiger partial charge on any atom is 0.326 e. The van der Waals surface area contributed by atoms with Crippen LogP contribution in [-0.2, 0) is 47.3 Å². The molecule has 0 aromatic heterocycles. The number of hydrogen-bond donors (Lipinski definition) is 4. The van der Waals surface area contributed by atoms with E-state index in [1.807, 2.05) is 6.92 Å². The zero-order chi connectivity index (χ0) is 29.1. The molecular formula is C21H40O14P2. The molecule has 37 heavy (non-hydrogen) atoms. The molecule has 0 aliphatic heterocycles. The van der Waals surface area contributed by atoms with Gasteiger partial charge in [0.1, 0.15) is 0 Å². The maximum atomic E-state index is 11.5. The SMILES string of the molecule is CCCOC(=O)CCC(CP(=O)(O)O)C(=O)OCC.CCOC(=O)CCC(CP(=O)(O)O)C(=O)OCC. The summed E-state index contributed by atoms with van der Waals surface area (Å²) in [6, 6.07) is 0. The summed E-state index contributed by atoms with van der Waals surface area (Å²) < 4.78 is 40.8. The van der Waals surface area contributed by atoms with E-state index in [9.17, 15) is 28.3 Å². The van der Waals surface area contributed by atoms with E-state index < -0.39 is 63.2 Å². The molecule has 0 aromatic carbocycles. The van der Waals surface area contributed by atoms with Gasteiger partial charge in [-0.25, -0.2) is 0 Å². The Morgan fingerprint density at radius 1 is 0.622 bits per heavy atom. The summed E-state index contributed by atoms with van der Waals surface area (Å²) in [6.07, 6.45) is -0.677. The van der Waals surface area contributed by atoms with Gasteiger partial charge in [-0.1, -0.05) is 6.92 Å². The second-order valence-electron chi connectivity index (χ2n) is 7.70. The van der Waals surface area contributed by atoms with Crippen LogP contribution in [-0.4, -0.2) is 82.2 Å². The lowest BCUT2D eigenvalue weighted by molar-refractivity contribution is -0.150. The number of rotatable bonds is 17. The van der Waals surface area contributed by atoms with Crippen molar-refractivity contribution in [2.45, 2.75) is 59.8 Å². The average Bonchev–Trinajstić information content (AvgIpc) is 2.77. The molecule has 2 unspecified atom stereocenters. The molecule has 16 heteroatoms. The van der Waals surface area contributed by atoms with Crippen molar-refractivity contribution < 1.29 is 66.8 Å². The molecule has 0 radical (unpaired) electrons. The van der Waals surface area contributed by atoms with Gasteiger partial charge < -0.3 is 38.5 Å². The van der Waals surface area contributed by atoms with Crippen LogP contribution >= 0.6 is 15.2 Å². The van der Waals surface area contributed by atoms with E-state index >= 15 is 0 Å². The van der Waals surface area contributed by atoms with E-state index in [1.165, 1.54) is 0 Å². The number of ether oxygens (including phenoxy) is 4. The van der Waals surface area contributed by atoms with Crippen molar-refractivity contribution in [2.75, 3.05) is 38.8 Å². The average molecular weight is 578 g/mol. The van der Waals surface area contributed by atoms with Crippen LogP contribution in [0.15, 0.2) is 0 Å². The van der Waals surface area contributed by atoms with Crippen molar-refractivity contribution in [3.8, 4) is 0 Å². The molecular weight excluding hydrogens is 538 g/mol. The van der Waals surface area contributed by atoms with E-state index in [0.29, 0.717) is 13.0 Å². The minimum atomic E-state index is -4.33.